The Hall–Kier alpha value is -0.340. The van der Waals surface area contributed by atoms with Gasteiger partial charge in [0.15, 0.2) is 0 Å². The maximum atomic E-state index is 3.52. The van der Waals surface area contributed by atoms with Gasteiger partial charge in [0.25, 0.3) is 0 Å². The zero-order valence-corrected chi connectivity index (χ0v) is 9.14. The van der Waals surface area contributed by atoms with Crippen molar-refractivity contribution in [2.24, 2.45) is 0 Å². The van der Waals surface area contributed by atoms with E-state index in [4.69, 9.17) is 0 Å². The monoisotopic (exact) mass is 182 g/mol. The highest BCUT2D eigenvalue weighted by atomic mass is 15.2. The minimum absolute atomic E-state index is 0.708. The van der Waals surface area contributed by atoms with E-state index in [0.717, 1.165) is 13.1 Å². The topological polar surface area (TPSA) is 15.3 Å². The van der Waals surface area contributed by atoms with Crippen LogP contribution in [0.2, 0.25) is 0 Å². The SMILES string of the molecule is CCC1CN(CC=C(C)C)CCN1. The van der Waals surface area contributed by atoms with Crippen LogP contribution in [0.4, 0.5) is 0 Å². The zero-order chi connectivity index (χ0) is 9.68. The van der Waals surface area contributed by atoms with Gasteiger partial charge < -0.3 is 5.32 Å². The Labute approximate surface area is 82.0 Å². The van der Waals surface area contributed by atoms with Crippen molar-refractivity contribution >= 4 is 0 Å². The summed E-state index contributed by atoms with van der Waals surface area (Å²) in [4.78, 5) is 2.53. The molecule has 2 nitrogen and oxygen atoms in total. The predicted molar refractivity (Wildman–Crippen MR) is 58.0 cm³/mol. The molecule has 1 fully saturated rings. The van der Waals surface area contributed by atoms with Crippen LogP contribution in [0.5, 0.6) is 0 Å². The number of rotatable bonds is 3. The van der Waals surface area contributed by atoms with Crippen LogP contribution in [0.1, 0.15) is 27.2 Å². The Kier molecular flexibility index (Phi) is 4.46. The Morgan fingerprint density at radius 3 is 2.92 bits per heavy atom. The molecule has 0 spiro atoms. The van der Waals surface area contributed by atoms with Crippen LogP contribution in [0.3, 0.4) is 0 Å². The van der Waals surface area contributed by atoms with Crippen LogP contribution in [0, 0.1) is 0 Å². The maximum Gasteiger partial charge on any atom is 0.0193 e. The standard InChI is InChI=1S/C11H22N2/c1-4-11-9-13(8-6-12-11)7-5-10(2)3/h5,11-12H,4,6-9H2,1-3H3. The van der Waals surface area contributed by atoms with E-state index < -0.39 is 0 Å². The van der Waals surface area contributed by atoms with E-state index in [9.17, 15) is 0 Å². The number of hydrogen-bond acceptors (Lipinski definition) is 2. The first-order chi connectivity index (χ1) is 6.22. The highest BCUT2D eigenvalue weighted by Crippen LogP contribution is 2.02. The number of allylic oxidation sites excluding steroid dienone is 1. The predicted octanol–water partition coefficient (Wildman–Crippen LogP) is 1.64. The second-order valence-electron chi connectivity index (χ2n) is 4.10. The van der Waals surface area contributed by atoms with Crippen molar-refractivity contribution in [2.75, 3.05) is 26.2 Å². The van der Waals surface area contributed by atoms with Crippen LogP contribution in [-0.2, 0) is 0 Å². The average Bonchev–Trinajstić information content (AvgIpc) is 2.15. The van der Waals surface area contributed by atoms with Crippen LogP contribution in [0.25, 0.3) is 0 Å². The van der Waals surface area contributed by atoms with Gasteiger partial charge in [-0.1, -0.05) is 18.6 Å². The normalized spacial score (nSPS) is 24.4. The largest absolute Gasteiger partial charge is 0.311 e. The molecule has 1 saturated heterocycles. The molecule has 0 aromatic heterocycles. The molecule has 1 heterocycles. The first-order valence-corrected chi connectivity index (χ1v) is 5.31. The lowest BCUT2D eigenvalue weighted by Crippen LogP contribution is -2.50. The fourth-order valence-electron chi connectivity index (χ4n) is 1.65. The highest BCUT2D eigenvalue weighted by Gasteiger charge is 2.15. The van der Waals surface area contributed by atoms with E-state index in [2.05, 4.69) is 37.1 Å². The summed E-state index contributed by atoms with van der Waals surface area (Å²) >= 11 is 0. The minimum atomic E-state index is 0.708. The maximum absolute atomic E-state index is 3.52. The van der Waals surface area contributed by atoms with Gasteiger partial charge in [-0.3, -0.25) is 4.90 Å². The van der Waals surface area contributed by atoms with Gasteiger partial charge in [-0.25, -0.2) is 0 Å². The first kappa shape index (κ1) is 10.7. The molecule has 76 valence electrons. The van der Waals surface area contributed by atoms with E-state index >= 15 is 0 Å². The van der Waals surface area contributed by atoms with E-state index in [1.54, 1.807) is 0 Å². The van der Waals surface area contributed by atoms with Gasteiger partial charge in [-0.2, -0.15) is 0 Å². The Morgan fingerprint density at radius 1 is 1.54 bits per heavy atom. The molecule has 0 radical (unpaired) electrons. The number of hydrogen-bond donors (Lipinski definition) is 1. The summed E-state index contributed by atoms with van der Waals surface area (Å²) < 4.78 is 0. The highest BCUT2D eigenvalue weighted by molar-refractivity contribution is 4.96. The van der Waals surface area contributed by atoms with Crippen molar-refractivity contribution in [2.45, 2.75) is 33.2 Å². The molecule has 0 amide bonds. The fraction of sp³-hybridized carbons (Fsp3) is 0.818. The van der Waals surface area contributed by atoms with Crippen molar-refractivity contribution in [1.82, 2.24) is 10.2 Å². The molecule has 1 N–H and O–H groups in total. The summed E-state index contributed by atoms with van der Waals surface area (Å²) in [5.41, 5.74) is 1.42. The number of nitrogens with zero attached hydrogens (tertiary/aromatic N) is 1. The van der Waals surface area contributed by atoms with Crippen molar-refractivity contribution in [3.05, 3.63) is 11.6 Å². The van der Waals surface area contributed by atoms with Crippen molar-refractivity contribution in [1.29, 1.82) is 0 Å². The third-order valence-corrected chi connectivity index (χ3v) is 2.59. The second-order valence-corrected chi connectivity index (χ2v) is 4.10. The number of piperazine rings is 1. The molecule has 1 unspecified atom stereocenters. The average molecular weight is 182 g/mol. The Balaban J connectivity index is 2.30. The van der Waals surface area contributed by atoms with Gasteiger partial charge in [-0.15, -0.1) is 0 Å². The molecule has 0 saturated carbocycles. The summed E-state index contributed by atoms with van der Waals surface area (Å²) in [6.07, 6.45) is 3.56. The Morgan fingerprint density at radius 2 is 2.31 bits per heavy atom. The van der Waals surface area contributed by atoms with Crippen LogP contribution < -0.4 is 5.32 Å². The molecule has 1 atom stereocenters. The first-order valence-electron chi connectivity index (χ1n) is 5.31. The van der Waals surface area contributed by atoms with Gasteiger partial charge in [-0.05, 0) is 20.3 Å². The molecule has 1 rings (SSSR count). The van der Waals surface area contributed by atoms with Crippen molar-refractivity contribution < 1.29 is 0 Å². The second kappa shape index (κ2) is 5.40. The van der Waals surface area contributed by atoms with Crippen LogP contribution >= 0.6 is 0 Å². The molecule has 0 aliphatic carbocycles. The number of nitrogens with one attached hydrogen (secondary N) is 1. The third-order valence-electron chi connectivity index (χ3n) is 2.59. The lowest BCUT2D eigenvalue weighted by atomic mass is 10.1. The van der Waals surface area contributed by atoms with Crippen LogP contribution in [-0.4, -0.2) is 37.1 Å². The lowest BCUT2D eigenvalue weighted by molar-refractivity contribution is 0.215. The van der Waals surface area contributed by atoms with Crippen LogP contribution in [0.15, 0.2) is 11.6 Å². The summed E-state index contributed by atoms with van der Waals surface area (Å²) in [5, 5.41) is 3.52. The summed E-state index contributed by atoms with van der Waals surface area (Å²) in [6.45, 7) is 11.3. The minimum Gasteiger partial charge on any atom is -0.311 e. The quantitative estimate of drug-likeness (QED) is 0.667. The van der Waals surface area contributed by atoms with Gasteiger partial charge in [0.05, 0.1) is 0 Å². The molecule has 2 heteroatoms. The smallest absolute Gasteiger partial charge is 0.0193 e. The van der Waals surface area contributed by atoms with E-state index in [0.29, 0.717) is 6.04 Å². The van der Waals surface area contributed by atoms with Crippen molar-refractivity contribution in [3.8, 4) is 0 Å². The zero-order valence-electron chi connectivity index (χ0n) is 9.14. The molecular formula is C11H22N2. The Bertz CT molecular complexity index is 171. The van der Waals surface area contributed by atoms with E-state index in [1.165, 1.54) is 25.1 Å². The van der Waals surface area contributed by atoms with Gasteiger partial charge in [0, 0.05) is 32.2 Å². The lowest BCUT2D eigenvalue weighted by Gasteiger charge is -2.32. The van der Waals surface area contributed by atoms with Gasteiger partial charge in [0.2, 0.25) is 0 Å². The van der Waals surface area contributed by atoms with Gasteiger partial charge >= 0.3 is 0 Å². The van der Waals surface area contributed by atoms with Gasteiger partial charge in [0.1, 0.15) is 0 Å². The summed E-state index contributed by atoms with van der Waals surface area (Å²) in [6, 6.07) is 0.708. The molecule has 0 bridgehead atoms. The molecule has 1 aliphatic rings. The van der Waals surface area contributed by atoms with E-state index in [1.807, 2.05) is 0 Å². The molecule has 13 heavy (non-hydrogen) atoms. The molecular weight excluding hydrogens is 160 g/mol. The summed E-state index contributed by atoms with van der Waals surface area (Å²) in [5.74, 6) is 0. The molecule has 1 aliphatic heterocycles. The summed E-state index contributed by atoms with van der Waals surface area (Å²) in [7, 11) is 0. The fourth-order valence-corrected chi connectivity index (χ4v) is 1.65. The molecule has 0 aromatic rings. The van der Waals surface area contributed by atoms with E-state index in [-0.39, 0.29) is 0 Å². The molecule has 0 aromatic carbocycles. The van der Waals surface area contributed by atoms with Crippen molar-refractivity contribution in [3.63, 3.8) is 0 Å². The third kappa shape index (κ3) is 3.92.